The molecule has 0 aromatic carbocycles. The molecule has 0 radical (unpaired) electrons. The van der Waals surface area contributed by atoms with Gasteiger partial charge in [0.1, 0.15) is 0 Å². The summed E-state index contributed by atoms with van der Waals surface area (Å²) in [6, 6.07) is 1.77. The number of nitrogens with one attached hydrogen (secondary N) is 1. The molecular weight excluding hydrogens is 178 g/mol. The van der Waals surface area contributed by atoms with E-state index in [0.717, 1.165) is 13.0 Å². The van der Waals surface area contributed by atoms with Crippen molar-refractivity contribution in [3.63, 3.8) is 0 Å². The number of ether oxygens (including phenoxy) is 1. The lowest BCUT2D eigenvalue weighted by molar-refractivity contribution is 0.208. The predicted molar refractivity (Wildman–Crippen MR) is 56.6 cm³/mol. The van der Waals surface area contributed by atoms with Crippen molar-refractivity contribution in [2.75, 3.05) is 11.9 Å². The van der Waals surface area contributed by atoms with Gasteiger partial charge in [0, 0.05) is 18.8 Å². The van der Waals surface area contributed by atoms with E-state index in [9.17, 15) is 0 Å². The van der Waals surface area contributed by atoms with Gasteiger partial charge in [0.25, 0.3) is 0 Å². The molecule has 0 fully saturated rings. The van der Waals surface area contributed by atoms with Gasteiger partial charge in [0.15, 0.2) is 0 Å². The summed E-state index contributed by atoms with van der Waals surface area (Å²) >= 11 is 0. The largest absolute Gasteiger partial charge is 0.475 e. The maximum Gasteiger partial charge on any atom is 0.225 e. The molecule has 0 aliphatic rings. The summed E-state index contributed by atoms with van der Waals surface area (Å²) < 4.78 is 5.56. The summed E-state index contributed by atoms with van der Waals surface area (Å²) in [6.45, 7) is 6.92. The van der Waals surface area contributed by atoms with Gasteiger partial charge in [-0.15, -0.1) is 0 Å². The highest BCUT2D eigenvalue weighted by Gasteiger charge is 2.03. The predicted octanol–water partition coefficient (Wildman–Crippen LogP) is 2.09. The van der Waals surface area contributed by atoms with Crippen LogP contribution in [0.1, 0.15) is 27.2 Å². The van der Waals surface area contributed by atoms with Crippen molar-refractivity contribution in [2.24, 2.45) is 0 Å². The number of hydrogen-bond donors (Lipinski definition) is 1. The minimum Gasteiger partial charge on any atom is -0.475 e. The summed E-state index contributed by atoms with van der Waals surface area (Å²) in [5.41, 5.74) is 0. The van der Waals surface area contributed by atoms with Gasteiger partial charge in [-0.3, -0.25) is 0 Å². The van der Waals surface area contributed by atoms with E-state index >= 15 is 0 Å². The smallest absolute Gasteiger partial charge is 0.225 e. The van der Waals surface area contributed by atoms with Crippen molar-refractivity contribution in [1.82, 2.24) is 9.97 Å². The van der Waals surface area contributed by atoms with Crippen molar-refractivity contribution in [3.05, 3.63) is 12.3 Å². The number of rotatable bonds is 5. The molecule has 1 aromatic rings. The number of nitrogens with zero attached hydrogens (tertiary/aromatic N) is 2. The molecule has 4 nitrogen and oxygen atoms in total. The Morgan fingerprint density at radius 1 is 1.50 bits per heavy atom. The van der Waals surface area contributed by atoms with E-state index < -0.39 is 0 Å². The summed E-state index contributed by atoms with van der Waals surface area (Å²) in [4.78, 5) is 8.27. The van der Waals surface area contributed by atoms with Crippen molar-refractivity contribution < 1.29 is 4.74 Å². The maximum atomic E-state index is 5.56. The van der Waals surface area contributed by atoms with Gasteiger partial charge in [-0.1, -0.05) is 6.92 Å². The fraction of sp³-hybridized carbons (Fsp3) is 0.600. The molecule has 78 valence electrons. The van der Waals surface area contributed by atoms with Crippen molar-refractivity contribution in [1.29, 1.82) is 0 Å². The number of aromatic nitrogens is 2. The second-order valence-electron chi connectivity index (χ2n) is 3.09. The lowest BCUT2D eigenvalue weighted by atomic mass is 10.3. The summed E-state index contributed by atoms with van der Waals surface area (Å²) in [5.74, 6) is 1.25. The summed E-state index contributed by atoms with van der Waals surface area (Å²) in [7, 11) is 0. The first-order valence-corrected chi connectivity index (χ1v) is 4.99. The molecular formula is C10H17N3O. The molecule has 0 spiro atoms. The van der Waals surface area contributed by atoms with Crippen LogP contribution < -0.4 is 10.1 Å². The van der Waals surface area contributed by atoms with Crippen LogP contribution in [-0.2, 0) is 0 Å². The van der Waals surface area contributed by atoms with Crippen LogP contribution in [0, 0.1) is 0 Å². The fourth-order valence-corrected chi connectivity index (χ4v) is 0.941. The van der Waals surface area contributed by atoms with Crippen LogP contribution in [0.4, 0.5) is 5.95 Å². The Morgan fingerprint density at radius 2 is 2.29 bits per heavy atom. The molecule has 0 aliphatic carbocycles. The number of anilines is 1. The third-order valence-corrected chi connectivity index (χ3v) is 1.86. The molecule has 1 heterocycles. The lowest BCUT2D eigenvalue weighted by Gasteiger charge is -2.11. The van der Waals surface area contributed by atoms with E-state index in [1.54, 1.807) is 12.3 Å². The zero-order chi connectivity index (χ0) is 10.4. The Balaban J connectivity index is 2.63. The second-order valence-corrected chi connectivity index (χ2v) is 3.09. The molecule has 0 aliphatic heterocycles. The highest BCUT2D eigenvalue weighted by atomic mass is 16.5. The van der Waals surface area contributed by atoms with Gasteiger partial charge < -0.3 is 10.1 Å². The second kappa shape index (κ2) is 5.42. The van der Waals surface area contributed by atoms with Crippen LogP contribution in [0.3, 0.4) is 0 Å². The zero-order valence-corrected chi connectivity index (χ0v) is 8.95. The average Bonchev–Trinajstić information content (AvgIpc) is 2.19. The Labute approximate surface area is 84.7 Å². The highest BCUT2D eigenvalue weighted by Crippen LogP contribution is 2.11. The first-order valence-electron chi connectivity index (χ1n) is 4.99. The molecule has 1 unspecified atom stereocenters. The SMILES string of the molecule is CCNc1nccc(OC(C)CC)n1. The van der Waals surface area contributed by atoms with Crippen molar-refractivity contribution in [3.8, 4) is 5.88 Å². The molecule has 1 atom stereocenters. The van der Waals surface area contributed by atoms with Gasteiger partial charge >= 0.3 is 0 Å². The topological polar surface area (TPSA) is 47.0 Å². The Hall–Kier alpha value is -1.32. The van der Waals surface area contributed by atoms with Gasteiger partial charge in [0.2, 0.25) is 11.8 Å². The molecule has 1 aromatic heterocycles. The van der Waals surface area contributed by atoms with E-state index in [4.69, 9.17) is 4.74 Å². The third-order valence-electron chi connectivity index (χ3n) is 1.86. The minimum absolute atomic E-state index is 0.194. The lowest BCUT2D eigenvalue weighted by Crippen LogP contribution is -2.11. The average molecular weight is 195 g/mol. The van der Waals surface area contributed by atoms with Gasteiger partial charge in [-0.25, -0.2) is 4.98 Å². The standard InChI is InChI=1S/C10H17N3O/c1-4-8(3)14-9-6-7-12-10(13-9)11-5-2/h6-8H,4-5H2,1-3H3,(H,11,12,13). The zero-order valence-electron chi connectivity index (χ0n) is 8.95. The van der Waals surface area contributed by atoms with Crippen LogP contribution in [0.25, 0.3) is 0 Å². The Bertz CT molecular complexity index is 278. The normalized spacial score (nSPS) is 12.2. The monoisotopic (exact) mass is 195 g/mol. The van der Waals surface area contributed by atoms with Crippen molar-refractivity contribution >= 4 is 5.95 Å². The molecule has 1 N–H and O–H groups in total. The quantitative estimate of drug-likeness (QED) is 0.781. The molecule has 0 amide bonds. The van der Waals surface area contributed by atoms with E-state index in [1.807, 2.05) is 13.8 Å². The Morgan fingerprint density at radius 3 is 2.93 bits per heavy atom. The molecule has 0 saturated heterocycles. The third kappa shape index (κ3) is 3.20. The summed E-state index contributed by atoms with van der Waals surface area (Å²) in [5, 5.41) is 3.04. The first-order chi connectivity index (χ1) is 6.76. The van der Waals surface area contributed by atoms with Crippen LogP contribution in [0.15, 0.2) is 12.3 Å². The van der Waals surface area contributed by atoms with E-state index in [-0.39, 0.29) is 6.10 Å². The van der Waals surface area contributed by atoms with Crippen LogP contribution >= 0.6 is 0 Å². The van der Waals surface area contributed by atoms with Crippen molar-refractivity contribution in [2.45, 2.75) is 33.3 Å². The number of hydrogen-bond acceptors (Lipinski definition) is 4. The van der Waals surface area contributed by atoms with Crippen LogP contribution in [0.2, 0.25) is 0 Å². The first kappa shape index (κ1) is 10.8. The van der Waals surface area contributed by atoms with Crippen LogP contribution in [-0.4, -0.2) is 22.6 Å². The molecule has 0 bridgehead atoms. The molecule has 4 heteroatoms. The molecule has 0 saturated carbocycles. The van der Waals surface area contributed by atoms with Gasteiger partial charge in [-0.05, 0) is 20.3 Å². The maximum absolute atomic E-state index is 5.56. The van der Waals surface area contributed by atoms with E-state index in [0.29, 0.717) is 11.8 Å². The Kier molecular flexibility index (Phi) is 4.16. The minimum atomic E-state index is 0.194. The molecule has 1 rings (SSSR count). The van der Waals surface area contributed by atoms with Crippen LogP contribution in [0.5, 0.6) is 5.88 Å². The van der Waals surface area contributed by atoms with Gasteiger partial charge in [0.05, 0.1) is 6.10 Å². The fourth-order valence-electron chi connectivity index (χ4n) is 0.941. The summed E-state index contributed by atoms with van der Waals surface area (Å²) in [6.07, 6.45) is 2.86. The van der Waals surface area contributed by atoms with E-state index in [1.165, 1.54) is 0 Å². The highest BCUT2D eigenvalue weighted by molar-refractivity contribution is 5.26. The van der Waals surface area contributed by atoms with Gasteiger partial charge in [-0.2, -0.15) is 4.98 Å². The van der Waals surface area contributed by atoms with E-state index in [2.05, 4.69) is 22.2 Å². The molecule has 14 heavy (non-hydrogen) atoms.